The lowest BCUT2D eigenvalue weighted by Crippen LogP contribution is -2.47. The molecule has 2 heteroatoms. The van der Waals surface area contributed by atoms with Crippen molar-refractivity contribution in [1.29, 1.82) is 0 Å². The lowest BCUT2D eigenvalue weighted by molar-refractivity contribution is 0.133. The molecule has 2 unspecified atom stereocenters. The monoisotopic (exact) mass is 196 g/mol. The van der Waals surface area contributed by atoms with Crippen LogP contribution in [-0.2, 0) is 0 Å². The Hall–Kier alpha value is -0.0800. The summed E-state index contributed by atoms with van der Waals surface area (Å²) in [5, 5.41) is 3.53. The minimum absolute atomic E-state index is 0.504. The van der Waals surface area contributed by atoms with E-state index in [-0.39, 0.29) is 0 Å². The topological polar surface area (TPSA) is 15.3 Å². The summed E-state index contributed by atoms with van der Waals surface area (Å²) in [6.07, 6.45) is 4.21. The molecule has 0 spiro atoms. The largest absolute Gasteiger partial charge is 0.316 e. The van der Waals surface area contributed by atoms with Crippen molar-refractivity contribution in [1.82, 2.24) is 10.2 Å². The molecule has 0 amide bonds. The molecule has 2 atom stereocenters. The predicted molar refractivity (Wildman–Crippen MR) is 60.4 cm³/mol. The highest BCUT2D eigenvalue weighted by Crippen LogP contribution is 2.41. The van der Waals surface area contributed by atoms with Crippen molar-refractivity contribution < 1.29 is 0 Å². The number of nitrogens with zero attached hydrogens (tertiary/aromatic N) is 1. The first kappa shape index (κ1) is 10.4. The quantitative estimate of drug-likeness (QED) is 0.739. The molecule has 82 valence electrons. The van der Waals surface area contributed by atoms with Crippen LogP contribution >= 0.6 is 0 Å². The molecule has 1 N–H and O–H groups in total. The molecule has 14 heavy (non-hydrogen) atoms. The van der Waals surface area contributed by atoms with Crippen molar-refractivity contribution in [3.63, 3.8) is 0 Å². The second-order valence-electron chi connectivity index (χ2n) is 5.71. The van der Waals surface area contributed by atoms with Gasteiger partial charge in [0.15, 0.2) is 0 Å². The van der Waals surface area contributed by atoms with Crippen LogP contribution in [0.2, 0.25) is 0 Å². The third-order valence-electron chi connectivity index (χ3n) is 4.23. The Morgan fingerprint density at radius 1 is 1.36 bits per heavy atom. The first-order chi connectivity index (χ1) is 6.63. The van der Waals surface area contributed by atoms with Crippen LogP contribution in [0.15, 0.2) is 0 Å². The van der Waals surface area contributed by atoms with E-state index in [0.29, 0.717) is 5.41 Å². The summed E-state index contributed by atoms with van der Waals surface area (Å²) in [6.45, 7) is 8.82. The molecule has 2 fully saturated rings. The Balaban J connectivity index is 1.91. The van der Waals surface area contributed by atoms with E-state index in [1.165, 1.54) is 38.9 Å². The van der Waals surface area contributed by atoms with Crippen molar-refractivity contribution in [3.05, 3.63) is 0 Å². The van der Waals surface area contributed by atoms with Crippen LogP contribution in [0.3, 0.4) is 0 Å². The maximum Gasteiger partial charge on any atom is 0.0156 e. The van der Waals surface area contributed by atoms with Gasteiger partial charge < -0.3 is 10.2 Å². The Kier molecular flexibility index (Phi) is 2.85. The van der Waals surface area contributed by atoms with E-state index < -0.39 is 0 Å². The fourth-order valence-electron chi connectivity index (χ4n) is 3.24. The summed E-state index contributed by atoms with van der Waals surface area (Å²) in [5.41, 5.74) is 0.504. The fourth-order valence-corrected chi connectivity index (χ4v) is 3.24. The Bertz CT molecular complexity index is 196. The van der Waals surface area contributed by atoms with E-state index in [1.54, 1.807) is 0 Å². The van der Waals surface area contributed by atoms with Gasteiger partial charge in [0.2, 0.25) is 0 Å². The van der Waals surface area contributed by atoms with Gasteiger partial charge in [-0.3, -0.25) is 0 Å². The minimum atomic E-state index is 0.504. The van der Waals surface area contributed by atoms with E-state index in [0.717, 1.165) is 12.0 Å². The number of nitrogens with one attached hydrogen (secondary N) is 1. The van der Waals surface area contributed by atoms with Crippen LogP contribution in [0.5, 0.6) is 0 Å². The molecule has 0 bridgehead atoms. The first-order valence-corrected chi connectivity index (χ1v) is 6.03. The molecule has 0 aromatic heterocycles. The molecule has 0 aromatic rings. The third-order valence-corrected chi connectivity index (χ3v) is 4.23. The number of hydrogen-bond donors (Lipinski definition) is 1. The maximum absolute atomic E-state index is 3.53. The van der Waals surface area contributed by atoms with Gasteiger partial charge in [-0.1, -0.05) is 13.8 Å². The number of likely N-dealkylation sites (tertiary alicyclic amines) is 1. The molecule has 2 nitrogen and oxygen atoms in total. The first-order valence-electron chi connectivity index (χ1n) is 6.03. The highest BCUT2D eigenvalue weighted by Gasteiger charge is 2.41. The zero-order valence-electron chi connectivity index (χ0n) is 9.84. The molecule has 1 saturated heterocycles. The standard InChI is InChI=1S/C12H24N2/c1-12(2)6-5-10(11(12)13-3)9-14-7-4-8-14/h10-11,13H,4-9H2,1-3H3. The van der Waals surface area contributed by atoms with Crippen molar-refractivity contribution in [2.45, 2.75) is 39.2 Å². The van der Waals surface area contributed by atoms with Gasteiger partial charge >= 0.3 is 0 Å². The molecular formula is C12H24N2. The molecule has 2 aliphatic rings. The molecule has 1 heterocycles. The van der Waals surface area contributed by atoms with Crippen molar-refractivity contribution in [2.75, 3.05) is 26.7 Å². The van der Waals surface area contributed by atoms with Crippen molar-refractivity contribution in [3.8, 4) is 0 Å². The molecular weight excluding hydrogens is 172 g/mol. The van der Waals surface area contributed by atoms with E-state index in [2.05, 4.69) is 31.1 Å². The summed E-state index contributed by atoms with van der Waals surface area (Å²) < 4.78 is 0. The second-order valence-corrected chi connectivity index (χ2v) is 5.71. The van der Waals surface area contributed by atoms with Gasteiger partial charge in [-0.25, -0.2) is 0 Å². The average Bonchev–Trinajstić information content (AvgIpc) is 2.33. The van der Waals surface area contributed by atoms with E-state index in [1.807, 2.05) is 0 Å². The molecule has 2 rings (SSSR count). The van der Waals surface area contributed by atoms with Crippen LogP contribution in [-0.4, -0.2) is 37.6 Å². The highest BCUT2D eigenvalue weighted by atomic mass is 15.2. The number of hydrogen-bond acceptors (Lipinski definition) is 2. The summed E-state index contributed by atoms with van der Waals surface area (Å²) in [4.78, 5) is 2.61. The Labute approximate surface area is 88.1 Å². The van der Waals surface area contributed by atoms with E-state index >= 15 is 0 Å². The van der Waals surface area contributed by atoms with Crippen LogP contribution in [0.25, 0.3) is 0 Å². The van der Waals surface area contributed by atoms with Crippen LogP contribution in [0.1, 0.15) is 33.1 Å². The van der Waals surface area contributed by atoms with Gasteiger partial charge in [-0.15, -0.1) is 0 Å². The van der Waals surface area contributed by atoms with E-state index in [9.17, 15) is 0 Å². The van der Waals surface area contributed by atoms with Gasteiger partial charge in [-0.2, -0.15) is 0 Å². The maximum atomic E-state index is 3.53. The Morgan fingerprint density at radius 2 is 2.07 bits per heavy atom. The zero-order chi connectivity index (χ0) is 10.2. The summed E-state index contributed by atoms with van der Waals surface area (Å²) in [5.74, 6) is 0.885. The van der Waals surface area contributed by atoms with Crippen molar-refractivity contribution in [2.24, 2.45) is 11.3 Å². The Morgan fingerprint density at radius 3 is 2.57 bits per heavy atom. The van der Waals surface area contributed by atoms with Gasteiger partial charge in [0.25, 0.3) is 0 Å². The SMILES string of the molecule is CNC1C(CN2CCC2)CCC1(C)C. The minimum Gasteiger partial charge on any atom is -0.316 e. The lowest BCUT2D eigenvalue weighted by atomic mass is 9.84. The molecule has 1 aliphatic heterocycles. The van der Waals surface area contributed by atoms with Crippen LogP contribution in [0.4, 0.5) is 0 Å². The van der Waals surface area contributed by atoms with Gasteiger partial charge in [0.1, 0.15) is 0 Å². The molecule has 1 aliphatic carbocycles. The van der Waals surface area contributed by atoms with E-state index in [4.69, 9.17) is 0 Å². The smallest absolute Gasteiger partial charge is 0.0156 e. The van der Waals surface area contributed by atoms with Crippen LogP contribution in [0, 0.1) is 11.3 Å². The zero-order valence-corrected chi connectivity index (χ0v) is 9.84. The normalized spacial score (nSPS) is 37.1. The average molecular weight is 196 g/mol. The van der Waals surface area contributed by atoms with Gasteiger partial charge in [-0.05, 0) is 50.7 Å². The third kappa shape index (κ3) is 1.82. The van der Waals surface area contributed by atoms with Crippen molar-refractivity contribution >= 4 is 0 Å². The summed E-state index contributed by atoms with van der Waals surface area (Å²) in [7, 11) is 2.13. The lowest BCUT2D eigenvalue weighted by Gasteiger charge is -2.37. The van der Waals surface area contributed by atoms with Gasteiger partial charge in [0.05, 0.1) is 0 Å². The van der Waals surface area contributed by atoms with Crippen LogP contribution < -0.4 is 5.32 Å². The summed E-state index contributed by atoms with van der Waals surface area (Å²) >= 11 is 0. The fraction of sp³-hybridized carbons (Fsp3) is 1.00. The molecule has 1 saturated carbocycles. The molecule has 0 aromatic carbocycles. The predicted octanol–water partition coefficient (Wildman–Crippen LogP) is 1.72. The van der Waals surface area contributed by atoms with Gasteiger partial charge in [0, 0.05) is 12.6 Å². The highest BCUT2D eigenvalue weighted by molar-refractivity contribution is 4.96. The summed E-state index contributed by atoms with van der Waals surface area (Å²) in [6, 6.07) is 0.725. The number of rotatable bonds is 3. The molecule has 0 radical (unpaired) electrons. The second kappa shape index (κ2) is 3.82.